The van der Waals surface area contributed by atoms with Crippen molar-refractivity contribution in [1.29, 1.82) is 0 Å². The van der Waals surface area contributed by atoms with E-state index in [-0.39, 0.29) is 11.8 Å². The number of benzene rings is 1. The zero-order chi connectivity index (χ0) is 18.4. The third-order valence-electron chi connectivity index (χ3n) is 5.35. The van der Waals surface area contributed by atoms with Crippen LogP contribution in [0.2, 0.25) is 0 Å². The Labute approximate surface area is 169 Å². The summed E-state index contributed by atoms with van der Waals surface area (Å²) in [6.45, 7) is 3.90. The number of likely N-dealkylation sites (tertiary alicyclic amines) is 2. The van der Waals surface area contributed by atoms with Gasteiger partial charge in [0.05, 0.1) is 6.54 Å². The Morgan fingerprint density at radius 3 is 2.19 bits per heavy atom. The largest absolute Gasteiger partial charge is 0.342 e. The minimum Gasteiger partial charge on any atom is -0.342 e. The summed E-state index contributed by atoms with van der Waals surface area (Å²) in [5.74, 6) is 0.502. The molecule has 3 rings (SSSR count). The van der Waals surface area contributed by atoms with Gasteiger partial charge in [-0.2, -0.15) is 0 Å². The zero-order valence-corrected chi connectivity index (χ0v) is 17.4. The summed E-state index contributed by atoms with van der Waals surface area (Å²) in [5, 5.41) is 2.95. The third kappa shape index (κ3) is 5.67. The van der Waals surface area contributed by atoms with E-state index in [0.29, 0.717) is 12.5 Å². The smallest absolute Gasteiger partial charge is 0.238 e. The van der Waals surface area contributed by atoms with E-state index in [1.54, 1.807) is 0 Å². The molecule has 2 aliphatic rings. The van der Waals surface area contributed by atoms with Gasteiger partial charge in [0.1, 0.15) is 0 Å². The fourth-order valence-electron chi connectivity index (χ4n) is 3.82. The molecule has 2 fully saturated rings. The summed E-state index contributed by atoms with van der Waals surface area (Å²) in [4.78, 5) is 29.2. The molecule has 1 N–H and O–H groups in total. The normalized spacial score (nSPS) is 19.8. The second kappa shape index (κ2) is 9.69. The van der Waals surface area contributed by atoms with Crippen molar-refractivity contribution in [2.45, 2.75) is 38.5 Å². The first-order valence-corrected chi connectivity index (χ1v) is 10.8. The number of hydrogen-bond acceptors (Lipinski definition) is 3. The molecular formula is C20H28IN3O2. The van der Waals surface area contributed by atoms with Crippen LogP contribution in [0.25, 0.3) is 0 Å². The molecule has 0 spiro atoms. The van der Waals surface area contributed by atoms with Crippen molar-refractivity contribution in [1.82, 2.24) is 9.80 Å². The SMILES string of the molecule is O=C(CN1CCC(C(=O)N2CCCCCC2)CC1)Nc1ccc(I)cc1. The van der Waals surface area contributed by atoms with E-state index in [2.05, 4.69) is 37.7 Å². The van der Waals surface area contributed by atoms with E-state index in [1.807, 2.05) is 24.3 Å². The van der Waals surface area contributed by atoms with Gasteiger partial charge in [-0.15, -0.1) is 0 Å². The van der Waals surface area contributed by atoms with Crippen molar-refractivity contribution in [2.24, 2.45) is 5.92 Å². The van der Waals surface area contributed by atoms with Crippen LogP contribution in [0.3, 0.4) is 0 Å². The molecule has 26 heavy (non-hydrogen) atoms. The molecule has 2 aliphatic heterocycles. The average molecular weight is 469 g/mol. The number of nitrogens with zero attached hydrogens (tertiary/aromatic N) is 2. The van der Waals surface area contributed by atoms with E-state index in [9.17, 15) is 9.59 Å². The highest BCUT2D eigenvalue weighted by atomic mass is 127. The van der Waals surface area contributed by atoms with Crippen molar-refractivity contribution in [2.75, 3.05) is 38.0 Å². The molecule has 0 saturated carbocycles. The molecule has 2 saturated heterocycles. The number of anilines is 1. The Kier molecular flexibility index (Phi) is 7.31. The second-order valence-corrected chi connectivity index (χ2v) is 8.59. The molecular weight excluding hydrogens is 441 g/mol. The fourth-order valence-corrected chi connectivity index (χ4v) is 4.18. The molecule has 6 heteroatoms. The average Bonchev–Trinajstić information content (AvgIpc) is 2.93. The van der Waals surface area contributed by atoms with Gasteiger partial charge in [-0.3, -0.25) is 14.5 Å². The lowest BCUT2D eigenvalue weighted by atomic mass is 9.95. The van der Waals surface area contributed by atoms with Crippen LogP contribution in [-0.2, 0) is 9.59 Å². The number of halogens is 1. The molecule has 1 aromatic carbocycles. The molecule has 0 bridgehead atoms. The Hall–Kier alpha value is -1.15. The van der Waals surface area contributed by atoms with E-state index in [1.165, 1.54) is 12.8 Å². The Bertz CT molecular complexity index is 604. The highest BCUT2D eigenvalue weighted by molar-refractivity contribution is 14.1. The highest BCUT2D eigenvalue weighted by Gasteiger charge is 2.29. The standard InChI is InChI=1S/C20H28IN3O2/c21-17-5-7-18(8-6-17)22-19(25)15-23-13-9-16(10-14-23)20(26)24-11-3-1-2-4-12-24/h5-8,16H,1-4,9-15H2,(H,22,25). The van der Waals surface area contributed by atoms with Crippen molar-refractivity contribution < 1.29 is 9.59 Å². The monoisotopic (exact) mass is 469 g/mol. The molecule has 2 amide bonds. The van der Waals surface area contributed by atoms with E-state index in [0.717, 1.165) is 61.1 Å². The maximum atomic E-state index is 12.7. The van der Waals surface area contributed by atoms with Gasteiger partial charge < -0.3 is 10.2 Å². The van der Waals surface area contributed by atoms with Gasteiger partial charge in [0.2, 0.25) is 11.8 Å². The van der Waals surface area contributed by atoms with Crippen LogP contribution in [0.4, 0.5) is 5.69 Å². The molecule has 1 aromatic rings. The lowest BCUT2D eigenvalue weighted by molar-refractivity contribution is -0.137. The van der Waals surface area contributed by atoms with Crippen LogP contribution in [0, 0.1) is 9.49 Å². The summed E-state index contributed by atoms with van der Waals surface area (Å²) in [6, 6.07) is 7.81. The Balaban J connectivity index is 1.42. The minimum absolute atomic E-state index is 0.0171. The first-order valence-electron chi connectivity index (χ1n) is 9.68. The molecule has 0 unspecified atom stereocenters. The van der Waals surface area contributed by atoms with Crippen LogP contribution in [0.15, 0.2) is 24.3 Å². The summed E-state index contributed by atoms with van der Waals surface area (Å²) < 4.78 is 1.15. The van der Waals surface area contributed by atoms with Crippen molar-refractivity contribution in [3.8, 4) is 0 Å². The number of piperidine rings is 1. The molecule has 5 nitrogen and oxygen atoms in total. The molecule has 0 atom stereocenters. The van der Waals surface area contributed by atoms with Crippen LogP contribution in [0.5, 0.6) is 0 Å². The maximum Gasteiger partial charge on any atom is 0.238 e. The van der Waals surface area contributed by atoms with E-state index >= 15 is 0 Å². The highest BCUT2D eigenvalue weighted by Crippen LogP contribution is 2.22. The van der Waals surface area contributed by atoms with Gasteiger partial charge >= 0.3 is 0 Å². The van der Waals surface area contributed by atoms with Gasteiger partial charge in [0.25, 0.3) is 0 Å². The fraction of sp³-hybridized carbons (Fsp3) is 0.600. The predicted octanol–water partition coefficient (Wildman–Crippen LogP) is 3.34. The molecule has 0 radical (unpaired) electrons. The van der Waals surface area contributed by atoms with Crippen LogP contribution >= 0.6 is 22.6 Å². The third-order valence-corrected chi connectivity index (χ3v) is 6.07. The number of carbonyl (C=O) groups excluding carboxylic acids is 2. The molecule has 0 aromatic heterocycles. The molecule has 142 valence electrons. The van der Waals surface area contributed by atoms with Gasteiger partial charge in [0.15, 0.2) is 0 Å². The number of amides is 2. The zero-order valence-electron chi connectivity index (χ0n) is 15.3. The summed E-state index contributed by atoms with van der Waals surface area (Å²) in [6.07, 6.45) is 6.51. The lowest BCUT2D eigenvalue weighted by Gasteiger charge is -2.33. The van der Waals surface area contributed by atoms with Gasteiger partial charge in [0, 0.05) is 28.3 Å². The first kappa shape index (κ1) is 19.6. The van der Waals surface area contributed by atoms with Crippen LogP contribution < -0.4 is 5.32 Å². The topological polar surface area (TPSA) is 52.7 Å². The molecule has 2 heterocycles. The van der Waals surface area contributed by atoms with E-state index < -0.39 is 0 Å². The van der Waals surface area contributed by atoms with Crippen LogP contribution in [-0.4, -0.2) is 54.3 Å². The van der Waals surface area contributed by atoms with Crippen LogP contribution in [0.1, 0.15) is 38.5 Å². The minimum atomic E-state index is 0.0171. The number of hydrogen-bond donors (Lipinski definition) is 1. The van der Waals surface area contributed by atoms with Crippen molar-refractivity contribution >= 4 is 40.1 Å². The Morgan fingerprint density at radius 2 is 1.58 bits per heavy atom. The lowest BCUT2D eigenvalue weighted by Crippen LogP contribution is -2.44. The predicted molar refractivity (Wildman–Crippen MR) is 112 cm³/mol. The summed E-state index contributed by atoms with van der Waals surface area (Å²) in [7, 11) is 0. The van der Waals surface area contributed by atoms with Crippen molar-refractivity contribution in [3.05, 3.63) is 27.8 Å². The number of carbonyl (C=O) groups is 2. The first-order chi connectivity index (χ1) is 12.6. The number of nitrogens with one attached hydrogen (secondary N) is 1. The van der Waals surface area contributed by atoms with Gasteiger partial charge in [-0.1, -0.05) is 12.8 Å². The van der Waals surface area contributed by atoms with Gasteiger partial charge in [-0.25, -0.2) is 0 Å². The maximum absolute atomic E-state index is 12.7. The summed E-state index contributed by atoms with van der Waals surface area (Å²) in [5.41, 5.74) is 0.835. The Morgan fingerprint density at radius 1 is 0.962 bits per heavy atom. The molecule has 0 aliphatic carbocycles. The van der Waals surface area contributed by atoms with E-state index in [4.69, 9.17) is 0 Å². The quantitative estimate of drug-likeness (QED) is 0.689. The number of rotatable bonds is 4. The summed E-state index contributed by atoms with van der Waals surface area (Å²) >= 11 is 2.25. The van der Waals surface area contributed by atoms with Gasteiger partial charge in [-0.05, 0) is 85.6 Å². The van der Waals surface area contributed by atoms with Crippen molar-refractivity contribution in [3.63, 3.8) is 0 Å². The second-order valence-electron chi connectivity index (χ2n) is 7.34.